The Balaban J connectivity index is 1.24. The van der Waals surface area contributed by atoms with Crippen LogP contribution in [0.2, 0.25) is 21.4 Å². The molecule has 0 bridgehead atoms. The van der Waals surface area contributed by atoms with Gasteiger partial charge < -0.3 is 0 Å². The number of hydrogen-bond donors (Lipinski definition) is 0. The summed E-state index contributed by atoms with van der Waals surface area (Å²) in [4.78, 5) is 0. The molecule has 1 heterocycles. The summed E-state index contributed by atoms with van der Waals surface area (Å²) >= 11 is -3.09. The van der Waals surface area contributed by atoms with E-state index in [1.807, 2.05) is 10.4 Å². The van der Waals surface area contributed by atoms with Gasteiger partial charge in [-0.05, 0) is 0 Å². The molecule has 0 N–H and O–H groups in total. The number of allylic oxidation sites excluding steroid dienone is 2. The van der Waals surface area contributed by atoms with Gasteiger partial charge in [-0.25, -0.2) is 0 Å². The van der Waals surface area contributed by atoms with Gasteiger partial charge in [-0.3, -0.25) is 0 Å². The van der Waals surface area contributed by atoms with Crippen molar-refractivity contribution < 1.29 is 20.0 Å². The topological polar surface area (TPSA) is 0 Å². The molecule has 0 spiro atoms. The second-order valence-corrected chi connectivity index (χ2v) is 36.4. The van der Waals surface area contributed by atoms with Gasteiger partial charge >= 0.3 is 281 Å². The first kappa shape index (κ1) is 28.6. The van der Waals surface area contributed by atoms with Gasteiger partial charge in [-0.15, -0.1) is 0 Å². The molecule has 2 aliphatic carbocycles. The molecule has 1 fully saturated rings. The van der Waals surface area contributed by atoms with Crippen molar-refractivity contribution in [1.82, 2.24) is 0 Å². The van der Waals surface area contributed by atoms with E-state index in [4.69, 9.17) is 0 Å². The average molecular weight is 775 g/mol. The van der Waals surface area contributed by atoms with Crippen molar-refractivity contribution in [2.24, 2.45) is 0 Å². The Hall–Kier alpha value is -3.59. The molecule has 1 aliphatic heterocycles. The molecule has 1 saturated heterocycles. The van der Waals surface area contributed by atoms with Crippen LogP contribution in [0.3, 0.4) is 0 Å². The molecule has 0 aromatic heterocycles. The van der Waals surface area contributed by atoms with E-state index in [0.29, 0.717) is 7.35 Å². The van der Waals surface area contributed by atoms with Crippen LogP contribution in [0.5, 0.6) is 0 Å². The Bertz CT molecular complexity index is 2130. The van der Waals surface area contributed by atoms with Gasteiger partial charge in [0.2, 0.25) is 0 Å². The second-order valence-electron chi connectivity index (χ2n) is 14.4. The summed E-state index contributed by atoms with van der Waals surface area (Å²) in [5.74, 6) is 0. The molecule has 46 heavy (non-hydrogen) atoms. The van der Waals surface area contributed by atoms with E-state index in [-0.39, 0.29) is 0 Å². The fourth-order valence-corrected chi connectivity index (χ4v) is 41.7. The maximum atomic E-state index is 2.79. The molecule has 6 aromatic rings. The molecule has 2 atom stereocenters. The first-order valence-electron chi connectivity index (χ1n) is 17.1. The zero-order valence-corrected chi connectivity index (χ0v) is 31.9. The predicted octanol–water partition coefficient (Wildman–Crippen LogP) is 12.7. The second kappa shape index (κ2) is 10.5. The summed E-state index contributed by atoms with van der Waals surface area (Å²) in [6.07, 6.45) is 5.49. The normalized spacial score (nSPS) is 20.1. The Morgan fingerprint density at radius 1 is 0.500 bits per heavy atom. The summed E-state index contributed by atoms with van der Waals surface area (Å²) in [7, 11) is -1.93. The van der Waals surface area contributed by atoms with Crippen molar-refractivity contribution in [3.8, 4) is 22.3 Å². The first-order chi connectivity index (χ1) is 22.4. The summed E-state index contributed by atoms with van der Waals surface area (Å²) in [6, 6.07) is 48.8. The summed E-state index contributed by atoms with van der Waals surface area (Å²) in [6.45, 7) is 5.03. The Labute approximate surface area is 278 Å². The third kappa shape index (κ3) is 3.93. The molecule has 2 heteroatoms. The van der Waals surface area contributed by atoms with Crippen LogP contribution in [0, 0.1) is 0 Å². The van der Waals surface area contributed by atoms with Crippen LogP contribution in [0.25, 0.3) is 56.0 Å². The number of rotatable bonds is 4. The van der Waals surface area contributed by atoms with Crippen LogP contribution in [0.4, 0.5) is 0 Å². The van der Waals surface area contributed by atoms with Gasteiger partial charge in [0, 0.05) is 0 Å². The predicted molar refractivity (Wildman–Crippen MR) is 199 cm³/mol. The standard InChI is InChI=1S/C42H34Si.2CH3.Hf/c1-3-43(4-2,37-25-33-15-9-17-39(41(33)27-37)35-21-19-29-11-5-7-13-31(29)23-35)38-26-34-16-10-18-40(42(34)28-38)36-22-20-30-12-6-8-14-32(30)24-36;;;/h5-28H,3-4H2,1-2H3;2*1H3;. The zero-order valence-electron chi connectivity index (χ0n) is 27.3. The quantitative estimate of drug-likeness (QED) is 0.157. The van der Waals surface area contributed by atoms with Crippen molar-refractivity contribution >= 4 is 41.8 Å². The number of benzene rings is 6. The van der Waals surface area contributed by atoms with E-state index in [2.05, 4.69) is 157 Å². The van der Waals surface area contributed by atoms with Crippen LogP contribution in [0.15, 0.2) is 132 Å². The van der Waals surface area contributed by atoms with Gasteiger partial charge in [0.25, 0.3) is 0 Å². The molecular formula is C44H40HfSi. The molecule has 0 radical (unpaired) electrons. The average Bonchev–Trinajstić information content (AvgIpc) is 3.70. The zero-order chi connectivity index (χ0) is 31.2. The molecule has 3 aliphatic rings. The van der Waals surface area contributed by atoms with Crippen LogP contribution < -0.4 is 0 Å². The fraction of sp³-hybridized carbons (Fsp3) is 0.182. The van der Waals surface area contributed by atoms with Crippen LogP contribution in [0.1, 0.15) is 43.5 Å². The van der Waals surface area contributed by atoms with E-state index >= 15 is 0 Å². The van der Waals surface area contributed by atoms with Crippen molar-refractivity contribution in [2.75, 3.05) is 0 Å². The van der Waals surface area contributed by atoms with E-state index in [1.165, 1.54) is 67.0 Å². The molecule has 0 nitrogen and oxygen atoms in total. The van der Waals surface area contributed by atoms with Gasteiger partial charge in [-0.1, -0.05) is 0 Å². The molecule has 9 rings (SSSR count). The maximum absolute atomic E-state index is 3.09. The van der Waals surface area contributed by atoms with E-state index in [9.17, 15) is 0 Å². The Morgan fingerprint density at radius 3 is 1.37 bits per heavy atom. The van der Waals surface area contributed by atoms with Crippen molar-refractivity contribution in [1.29, 1.82) is 0 Å². The van der Waals surface area contributed by atoms with Crippen molar-refractivity contribution in [3.05, 3.63) is 154 Å². The molecule has 6 aromatic carbocycles. The molecule has 0 saturated carbocycles. The Kier molecular flexibility index (Phi) is 6.50. The first-order valence-corrected chi connectivity index (χ1v) is 30.9. The SMILES string of the molecule is CC[Si]1(CC)C2=Cc3c(-c4ccc5ccccc5c4)cccc3[CH]2[Hf]([CH3])([CH3])[CH]2C1=Cc1c(-c3ccc4ccccc4c3)cccc12. The van der Waals surface area contributed by atoms with Gasteiger partial charge in [0.05, 0.1) is 0 Å². The number of fused-ring (bicyclic) bond motifs is 8. The molecule has 0 amide bonds. The van der Waals surface area contributed by atoms with Crippen LogP contribution >= 0.6 is 0 Å². The monoisotopic (exact) mass is 776 g/mol. The van der Waals surface area contributed by atoms with Crippen LogP contribution in [-0.4, -0.2) is 8.07 Å². The minimum atomic E-state index is -3.09. The summed E-state index contributed by atoms with van der Waals surface area (Å²) in [5, 5.41) is 9.02. The van der Waals surface area contributed by atoms with E-state index in [1.54, 1.807) is 11.1 Å². The number of hydrogen-bond acceptors (Lipinski definition) is 0. The third-order valence-corrected chi connectivity index (χ3v) is 34.8. The third-order valence-electron chi connectivity index (χ3n) is 12.0. The van der Waals surface area contributed by atoms with Crippen molar-refractivity contribution in [2.45, 2.75) is 42.6 Å². The molecule has 224 valence electrons. The van der Waals surface area contributed by atoms with Gasteiger partial charge in [0.1, 0.15) is 0 Å². The molecular weight excluding hydrogens is 735 g/mol. The van der Waals surface area contributed by atoms with Crippen molar-refractivity contribution in [3.63, 3.8) is 0 Å². The summed E-state index contributed by atoms with van der Waals surface area (Å²) in [5.41, 5.74) is 11.9. The minimum absolute atomic E-state index is 0.659. The fourth-order valence-electron chi connectivity index (χ4n) is 9.85. The van der Waals surface area contributed by atoms with Gasteiger partial charge in [0.15, 0.2) is 0 Å². The molecule has 2 unspecified atom stereocenters. The van der Waals surface area contributed by atoms with E-state index in [0.717, 1.165) is 0 Å². The van der Waals surface area contributed by atoms with Gasteiger partial charge in [-0.2, -0.15) is 0 Å². The Morgan fingerprint density at radius 2 is 0.935 bits per heavy atom. The van der Waals surface area contributed by atoms with E-state index < -0.39 is 28.0 Å². The summed E-state index contributed by atoms with van der Waals surface area (Å²) < 4.78 is 6.91. The van der Waals surface area contributed by atoms with Crippen LogP contribution in [-0.2, 0) is 20.0 Å².